The zero-order valence-corrected chi connectivity index (χ0v) is 10.1. The number of nitrogens with zero attached hydrogens (tertiary/aromatic N) is 1. The molecule has 2 aliphatic rings. The van der Waals surface area contributed by atoms with Gasteiger partial charge < -0.3 is 10.2 Å². The number of aromatic nitrogens is 2. The van der Waals surface area contributed by atoms with Gasteiger partial charge >= 0.3 is 5.69 Å². The molecule has 6 nitrogen and oxygen atoms in total. The van der Waals surface area contributed by atoms with Gasteiger partial charge in [-0.05, 0) is 25.7 Å². The maximum absolute atomic E-state index is 11.9. The molecule has 98 valence electrons. The van der Waals surface area contributed by atoms with Crippen molar-refractivity contribution in [2.75, 3.05) is 6.61 Å². The lowest BCUT2D eigenvalue weighted by Crippen LogP contribution is -2.37. The van der Waals surface area contributed by atoms with E-state index in [4.69, 9.17) is 0 Å². The van der Waals surface area contributed by atoms with Crippen LogP contribution < -0.4 is 11.2 Å². The summed E-state index contributed by atoms with van der Waals surface area (Å²) in [7, 11) is 0. The summed E-state index contributed by atoms with van der Waals surface area (Å²) in [6.07, 6.45) is 2.23. The Labute approximate surface area is 103 Å². The van der Waals surface area contributed by atoms with Gasteiger partial charge in [0, 0.05) is 24.3 Å². The summed E-state index contributed by atoms with van der Waals surface area (Å²) in [5.74, 6) is -0.0374. The van der Waals surface area contributed by atoms with Crippen molar-refractivity contribution in [1.29, 1.82) is 0 Å². The lowest BCUT2D eigenvalue weighted by atomic mass is 10.0. The standard InChI is InChI=1S/C12H16N2O4/c1-6-4-14(11(18)13-10(6)17)12-2-8(12)7(5-15)9(16)3-12/h4,7-9,15-16H,2-3,5H2,1H3,(H,13,17,18)/t7-,8?,9-,12-/m0/s1. The summed E-state index contributed by atoms with van der Waals surface area (Å²) in [4.78, 5) is 25.5. The fourth-order valence-corrected chi connectivity index (χ4v) is 3.41. The van der Waals surface area contributed by atoms with E-state index in [0.29, 0.717) is 12.0 Å². The fraction of sp³-hybridized carbons (Fsp3) is 0.667. The number of aromatic amines is 1. The highest BCUT2D eigenvalue weighted by Crippen LogP contribution is 2.63. The minimum absolute atomic E-state index is 0.0648. The monoisotopic (exact) mass is 252 g/mol. The molecule has 0 spiro atoms. The molecule has 1 aromatic rings. The number of fused-ring (bicyclic) bond motifs is 1. The van der Waals surface area contributed by atoms with Crippen molar-refractivity contribution in [1.82, 2.24) is 9.55 Å². The van der Waals surface area contributed by atoms with Gasteiger partial charge in [-0.15, -0.1) is 0 Å². The summed E-state index contributed by atoms with van der Waals surface area (Å²) in [6.45, 7) is 1.59. The van der Waals surface area contributed by atoms with E-state index in [0.717, 1.165) is 6.42 Å². The van der Waals surface area contributed by atoms with Crippen LogP contribution in [-0.4, -0.2) is 32.5 Å². The van der Waals surface area contributed by atoms with Gasteiger partial charge in [0.1, 0.15) is 0 Å². The van der Waals surface area contributed by atoms with E-state index in [9.17, 15) is 19.8 Å². The van der Waals surface area contributed by atoms with Gasteiger partial charge in [0.05, 0.1) is 11.6 Å². The van der Waals surface area contributed by atoms with Gasteiger partial charge in [-0.2, -0.15) is 0 Å². The maximum atomic E-state index is 11.9. The van der Waals surface area contributed by atoms with Crippen LogP contribution in [0.1, 0.15) is 18.4 Å². The first-order valence-electron chi connectivity index (χ1n) is 6.11. The van der Waals surface area contributed by atoms with Gasteiger partial charge in [-0.1, -0.05) is 0 Å². The first kappa shape index (κ1) is 11.7. The van der Waals surface area contributed by atoms with Crippen LogP contribution in [0, 0.1) is 18.8 Å². The second-order valence-corrected chi connectivity index (χ2v) is 5.47. The number of aliphatic hydroxyl groups excluding tert-OH is 2. The lowest BCUT2D eigenvalue weighted by molar-refractivity contribution is 0.0714. The first-order valence-corrected chi connectivity index (χ1v) is 6.11. The number of aliphatic hydroxyl groups is 2. The van der Waals surface area contributed by atoms with Crippen LogP contribution in [0.4, 0.5) is 0 Å². The Bertz CT molecular complexity index is 605. The van der Waals surface area contributed by atoms with Crippen LogP contribution in [0.3, 0.4) is 0 Å². The summed E-state index contributed by atoms with van der Waals surface area (Å²) < 4.78 is 1.54. The van der Waals surface area contributed by atoms with Crippen molar-refractivity contribution < 1.29 is 10.2 Å². The molecule has 3 rings (SSSR count). The predicted octanol–water partition coefficient (Wildman–Crippen LogP) is -1.07. The van der Waals surface area contributed by atoms with Crippen molar-refractivity contribution in [2.45, 2.75) is 31.4 Å². The van der Waals surface area contributed by atoms with Gasteiger partial charge in [-0.3, -0.25) is 14.3 Å². The molecule has 3 N–H and O–H groups in total. The molecule has 0 amide bonds. The fourth-order valence-electron chi connectivity index (χ4n) is 3.41. The smallest absolute Gasteiger partial charge is 0.328 e. The highest BCUT2D eigenvalue weighted by molar-refractivity contribution is 5.19. The summed E-state index contributed by atoms with van der Waals surface area (Å²) in [6, 6.07) is 0. The molecule has 2 fully saturated rings. The van der Waals surface area contributed by atoms with Gasteiger partial charge in [0.25, 0.3) is 5.56 Å². The molecule has 2 saturated carbocycles. The molecule has 0 aromatic carbocycles. The number of hydrogen-bond donors (Lipinski definition) is 3. The van der Waals surface area contributed by atoms with Crippen LogP contribution in [0.25, 0.3) is 0 Å². The summed E-state index contributed by atoms with van der Waals surface area (Å²) in [5, 5.41) is 19.1. The molecule has 6 heteroatoms. The number of nitrogens with one attached hydrogen (secondary N) is 1. The lowest BCUT2D eigenvalue weighted by Gasteiger charge is -2.17. The number of aryl methyl sites for hydroxylation is 1. The number of hydrogen-bond acceptors (Lipinski definition) is 4. The number of rotatable bonds is 2. The van der Waals surface area contributed by atoms with E-state index in [1.165, 1.54) is 4.57 Å². The largest absolute Gasteiger partial charge is 0.396 e. The quantitative estimate of drug-likeness (QED) is 0.625. The maximum Gasteiger partial charge on any atom is 0.328 e. The second kappa shape index (κ2) is 3.55. The third-order valence-corrected chi connectivity index (χ3v) is 4.49. The van der Waals surface area contributed by atoms with Gasteiger partial charge in [0.15, 0.2) is 0 Å². The van der Waals surface area contributed by atoms with Crippen LogP contribution >= 0.6 is 0 Å². The van der Waals surface area contributed by atoms with Crippen molar-refractivity contribution in [3.8, 4) is 0 Å². The van der Waals surface area contributed by atoms with E-state index < -0.39 is 17.3 Å². The van der Waals surface area contributed by atoms with Crippen LogP contribution in [0.2, 0.25) is 0 Å². The van der Waals surface area contributed by atoms with Crippen molar-refractivity contribution in [3.63, 3.8) is 0 Å². The SMILES string of the molecule is Cc1cn([C@]23CC2[C@H](CO)[C@@H](O)C3)c(=O)[nH]c1=O. The third kappa shape index (κ3) is 1.36. The molecular weight excluding hydrogens is 236 g/mol. The van der Waals surface area contributed by atoms with Gasteiger partial charge in [0.2, 0.25) is 0 Å². The van der Waals surface area contributed by atoms with Crippen LogP contribution in [-0.2, 0) is 5.54 Å². The average molecular weight is 252 g/mol. The second-order valence-electron chi connectivity index (χ2n) is 5.47. The van der Waals surface area contributed by atoms with E-state index in [2.05, 4.69) is 4.98 Å². The van der Waals surface area contributed by atoms with Crippen molar-refractivity contribution in [3.05, 3.63) is 32.6 Å². The topological polar surface area (TPSA) is 95.3 Å². The zero-order chi connectivity index (χ0) is 13.1. The van der Waals surface area contributed by atoms with E-state index in [-0.39, 0.29) is 24.0 Å². The minimum atomic E-state index is -0.576. The van der Waals surface area contributed by atoms with E-state index in [1.807, 2.05) is 0 Å². The van der Waals surface area contributed by atoms with Crippen LogP contribution in [0.5, 0.6) is 0 Å². The molecule has 0 bridgehead atoms. The molecular formula is C12H16N2O4. The molecule has 1 aromatic heterocycles. The van der Waals surface area contributed by atoms with E-state index in [1.54, 1.807) is 13.1 Å². The summed E-state index contributed by atoms with van der Waals surface area (Å²) >= 11 is 0. The minimum Gasteiger partial charge on any atom is -0.396 e. The first-order chi connectivity index (χ1) is 8.49. The molecule has 0 saturated heterocycles. The zero-order valence-electron chi connectivity index (χ0n) is 10.1. The Morgan fingerprint density at radius 1 is 1.50 bits per heavy atom. The normalized spacial score (nSPS) is 37.6. The molecule has 18 heavy (non-hydrogen) atoms. The molecule has 1 unspecified atom stereocenters. The molecule has 0 radical (unpaired) electrons. The van der Waals surface area contributed by atoms with Crippen molar-refractivity contribution in [2.24, 2.45) is 11.8 Å². The van der Waals surface area contributed by atoms with Crippen LogP contribution in [0.15, 0.2) is 15.8 Å². The molecule has 2 aliphatic carbocycles. The Hall–Kier alpha value is -1.40. The predicted molar refractivity (Wildman–Crippen MR) is 63.3 cm³/mol. The highest BCUT2D eigenvalue weighted by Gasteiger charge is 2.66. The Morgan fingerprint density at radius 2 is 2.22 bits per heavy atom. The molecule has 0 aliphatic heterocycles. The Balaban J connectivity index is 2.06. The summed E-state index contributed by atoms with van der Waals surface area (Å²) in [5.41, 5.74) is -0.726. The molecule has 1 heterocycles. The Morgan fingerprint density at radius 3 is 2.83 bits per heavy atom. The van der Waals surface area contributed by atoms with Gasteiger partial charge in [-0.25, -0.2) is 4.79 Å². The average Bonchev–Trinajstić information content (AvgIpc) is 2.93. The third-order valence-electron chi connectivity index (χ3n) is 4.49. The molecule has 4 atom stereocenters. The number of H-pyrrole nitrogens is 1. The van der Waals surface area contributed by atoms with E-state index >= 15 is 0 Å². The van der Waals surface area contributed by atoms with Crippen molar-refractivity contribution >= 4 is 0 Å². The highest BCUT2D eigenvalue weighted by atomic mass is 16.3. The Kier molecular flexibility index (Phi) is 2.30.